The van der Waals surface area contributed by atoms with Gasteiger partial charge >= 0.3 is 13.1 Å². The number of rotatable bonds is 5. The lowest BCUT2D eigenvalue weighted by Gasteiger charge is -2.32. The van der Waals surface area contributed by atoms with Crippen LogP contribution in [0.5, 0.6) is 0 Å². The fourth-order valence-electron chi connectivity index (χ4n) is 2.45. The lowest BCUT2D eigenvalue weighted by Crippen LogP contribution is -2.41. The van der Waals surface area contributed by atoms with Crippen molar-refractivity contribution in [2.75, 3.05) is 6.54 Å². The van der Waals surface area contributed by atoms with Gasteiger partial charge in [0.2, 0.25) is 0 Å². The van der Waals surface area contributed by atoms with Crippen molar-refractivity contribution in [3.8, 4) is 0 Å². The van der Waals surface area contributed by atoms with Gasteiger partial charge in [-0.3, -0.25) is 4.79 Å². The molecular weight excluding hydrogens is 312 g/mol. The van der Waals surface area contributed by atoms with Crippen molar-refractivity contribution in [3.63, 3.8) is 0 Å². The van der Waals surface area contributed by atoms with E-state index in [2.05, 4.69) is 0 Å². The summed E-state index contributed by atoms with van der Waals surface area (Å²) in [5, 5.41) is 9.01. The molecule has 0 atom stereocenters. The van der Waals surface area contributed by atoms with E-state index in [1.165, 1.54) is 18.2 Å². The van der Waals surface area contributed by atoms with Crippen LogP contribution in [-0.2, 0) is 20.5 Å². The van der Waals surface area contributed by atoms with E-state index in [0.717, 1.165) is 0 Å². The molecule has 0 aromatic heterocycles. The van der Waals surface area contributed by atoms with Gasteiger partial charge in [-0.1, -0.05) is 12.1 Å². The number of nitrogens with two attached hydrogens (primary N) is 1. The van der Waals surface area contributed by atoms with Gasteiger partial charge in [-0.05, 0) is 56.4 Å². The Bertz CT molecular complexity index is 657. The molecule has 130 valence electrons. The molecule has 1 aliphatic rings. The van der Waals surface area contributed by atoms with E-state index in [-0.39, 0.29) is 13.0 Å². The number of carbonyl (C=O) groups is 1. The predicted molar refractivity (Wildman–Crippen MR) is 90.9 cm³/mol. The molecule has 2 rings (SSSR count). The maximum atomic E-state index is 13.4. The predicted octanol–water partition coefficient (Wildman–Crippen LogP) is 2.43. The number of carboxylic acids is 1. The van der Waals surface area contributed by atoms with Crippen LogP contribution in [0.1, 0.15) is 38.8 Å². The molecule has 1 fully saturated rings. The van der Waals surface area contributed by atoms with Gasteiger partial charge in [0.1, 0.15) is 5.82 Å². The molecular formula is C17H23BFNO4. The highest BCUT2D eigenvalue weighted by Gasteiger charge is 2.52. The minimum atomic E-state index is -1.03. The van der Waals surface area contributed by atoms with Crippen LogP contribution in [-0.4, -0.2) is 35.9 Å². The topological polar surface area (TPSA) is 81.8 Å². The molecule has 1 aliphatic heterocycles. The fraction of sp³-hybridized carbons (Fsp3) is 0.471. The van der Waals surface area contributed by atoms with Crippen LogP contribution >= 0.6 is 0 Å². The van der Waals surface area contributed by atoms with Crippen molar-refractivity contribution in [2.45, 2.75) is 45.3 Å². The zero-order valence-electron chi connectivity index (χ0n) is 14.4. The number of aliphatic carboxylic acids is 1. The summed E-state index contributed by atoms with van der Waals surface area (Å²) >= 11 is 0. The third-order valence-corrected chi connectivity index (χ3v) is 4.58. The van der Waals surface area contributed by atoms with Crippen LogP contribution in [0.25, 0.3) is 6.08 Å². The first kappa shape index (κ1) is 18.6. The molecule has 24 heavy (non-hydrogen) atoms. The lowest BCUT2D eigenvalue weighted by molar-refractivity contribution is -0.136. The highest BCUT2D eigenvalue weighted by Crippen LogP contribution is 2.38. The van der Waals surface area contributed by atoms with Crippen molar-refractivity contribution >= 4 is 19.2 Å². The quantitative estimate of drug-likeness (QED) is 0.808. The maximum Gasteiger partial charge on any atom is 0.491 e. The summed E-state index contributed by atoms with van der Waals surface area (Å²) in [5.41, 5.74) is 6.48. The molecule has 0 amide bonds. The monoisotopic (exact) mass is 335 g/mol. The number of hydrogen-bond donors (Lipinski definition) is 2. The molecule has 1 saturated heterocycles. The smallest absolute Gasteiger partial charge is 0.481 e. The van der Waals surface area contributed by atoms with Gasteiger partial charge in [0.15, 0.2) is 0 Å². The second-order valence-electron chi connectivity index (χ2n) is 6.93. The molecule has 0 bridgehead atoms. The first-order valence-electron chi connectivity index (χ1n) is 7.82. The minimum Gasteiger partial charge on any atom is -0.481 e. The first-order chi connectivity index (χ1) is 11.1. The highest BCUT2D eigenvalue weighted by atomic mass is 19.1. The van der Waals surface area contributed by atoms with Crippen molar-refractivity contribution < 1.29 is 23.6 Å². The fourth-order valence-corrected chi connectivity index (χ4v) is 2.45. The molecule has 0 unspecified atom stereocenters. The van der Waals surface area contributed by atoms with Gasteiger partial charge in [0, 0.05) is 6.54 Å². The van der Waals surface area contributed by atoms with Crippen LogP contribution in [0.4, 0.5) is 4.39 Å². The summed E-state index contributed by atoms with van der Waals surface area (Å²) in [6, 6.07) is 4.04. The van der Waals surface area contributed by atoms with E-state index < -0.39 is 30.1 Å². The number of hydrogen-bond acceptors (Lipinski definition) is 4. The molecule has 1 aromatic carbocycles. The van der Waals surface area contributed by atoms with Crippen molar-refractivity contribution in [2.24, 2.45) is 5.73 Å². The zero-order valence-corrected chi connectivity index (χ0v) is 14.4. The van der Waals surface area contributed by atoms with E-state index in [4.69, 9.17) is 20.1 Å². The molecule has 0 aliphatic carbocycles. The molecule has 7 heteroatoms. The largest absolute Gasteiger partial charge is 0.491 e. The normalized spacial score (nSPS) is 19.6. The van der Waals surface area contributed by atoms with Crippen LogP contribution < -0.4 is 5.73 Å². The highest BCUT2D eigenvalue weighted by molar-refractivity contribution is 6.55. The molecule has 0 radical (unpaired) electrons. The van der Waals surface area contributed by atoms with E-state index >= 15 is 0 Å². The summed E-state index contributed by atoms with van der Waals surface area (Å²) in [6.07, 6.45) is 1.45. The lowest BCUT2D eigenvalue weighted by atomic mass is 9.76. The standard InChI is InChI=1S/C17H23BFNO4/c1-16(2)17(3,4)24-18(23-16)13(10-20)7-11-5-6-14(19)8-12(11)9-15(21)22/h5-8H,9-10,20H2,1-4H3,(H,21,22). The van der Waals surface area contributed by atoms with Crippen LogP contribution in [0, 0.1) is 5.82 Å². The Morgan fingerprint density at radius 1 is 1.29 bits per heavy atom. The Morgan fingerprint density at radius 2 is 1.88 bits per heavy atom. The number of carboxylic acid groups (broad SMARTS) is 1. The second-order valence-corrected chi connectivity index (χ2v) is 6.93. The first-order valence-corrected chi connectivity index (χ1v) is 7.82. The SMILES string of the molecule is CC1(C)OB(C(=Cc2ccc(F)cc2CC(=O)O)CN)OC1(C)C. The summed E-state index contributed by atoms with van der Waals surface area (Å²) in [6.45, 7) is 7.94. The molecule has 5 nitrogen and oxygen atoms in total. The van der Waals surface area contributed by atoms with Gasteiger partial charge in [0.25, 0.3) is 0 Å². The van der Waals surface area contributed by atoms with E-state index in [1.807, 2.05) is 27.7 Å². The zero-order chi connectivity index (χ0) is 18.1. The van der Waals surface area contributed by atoms with Crippen LogP contribution in [0.15, 0.2) is 23.7 Å². The third kappa shape index (κ3) is 3.86. The Kier molecular flexibility index (Phi) is 5.18. The van der Waals surface area contributed by atoms with E-state index in [1.54, 1.807) is 6.08 Å². The average Bonchev–Trinajstić information content (AvgIpc) is 2.66. The molecule has 1 aromatic rings. The second kappa shape index (κ2) is 6.66. The third-order valence-electron chi connectivity index (χ3n) is 4.58. The summed E-state index contributed by atoms with van der Waals surface area (Å²) in [5.74, 6) is -1.51. The molecule has 0 spiro atoms. The Labute approximate surface area is 141 Å². The summed E-state index contributed by atoms with van der Waals surface area (Å²) in [7, 11) is -0.622. The summed E-state index contributed by atoms with van der Waals surface area (Å²) < 4.78 is 25.4. The van der Waals surface area contributed by atoms with Crippen molar-refractivity contribution in [1.82, 2.24) is 0 Å². The van der Waals surface area contributed by atoms with Crippen LogP contribution in [0.3, 0.4) is 0 Å². The molecule has 0 saturated carbocycles. The Balaban J connectivity index is 2.37. The van der Waals surface area contributed by atoms with Gasteiger partial charge in [-0.15, -0.1) is 0 Å². The number of halogens is 1. The Morgan fingerprint density at radius 3 is 2.38 bits per heavy atom. The van der Waals surface area contributed by atoms with Crippen molar-refractivity contribution in [1.29, 1.82) is 0 Å². The van der Waals surface area contributed by atoms with Crippen molar-refractivity contribution in [3.05, 3.63) is 40.6 Å². The van der Waals surface area contributed by atoms with E-state index in [0.29, 0.717) is 16.6 Å². The maximum absolute atomic E-state index is 13.4. The Hall–Kier alpha value is -1.70. The van der Waals surface area contributed by atoms with E-state index in [9.17, 15) is 9.18 Å². The van der Waals surface area contributed by atoms with Gasteiger partial charge in [0.05, 0.1) is 17.6 Å². The minimum absolute atomic E-state index is 0.181. The van der Waals surface area contributed by atoms with Crippen LogP contribution in [0.2, 0.25) is 0 Å². The number of benzene rings is 1. The molecule has 1 heterocycles. The molecule has 3 N–H and O–H groups in total. The average molecular weight is 335 g/mol. The van der Waals surface area contributed by atoms with Gasteiger partial charge in [-0.25, -0.2) is 4.39 Å². The van der Waals surface area contributed by atoms with Gasteiger partial charge < -0.3 is 20.1 Å². The summed E-state index contributed by atoms with van der Waals surface area (Å²) in [4.78, 5) is 11.0. The van der Waals surface area contributed by atoms with Gasteiger partial charge in [-0.2, -0.15) is 0 Å².